The van der Waals surface area contributed by atoms with E-state index in [1.807, 2.05) is 6.07 Å². The molecule has 1 saturated carbocycles. The zero-order valence-electron chi connectivity index (χ0n) is 13.3. The number of pyridine rings is 1. The van der Waals surface area contributed by atoms with Crippen LogP contribution in [-0.2, 0) is 4.74 Å². The molecule has 0 radical (unpaired) electrons. The zero-order valence-corrected chi connectivity index (χ0v) is 13.3. The van der Waals surface area contributed by atoms with Crippen molar-refractivity contribution in [2.45, 2.75) is 25.8 Å². The maximum Gasteiger partial charge on any atom is 0.409 e. The van der Waals surface area contributed by atoms with Gasteiger partial charge in [0.2, 0.25) is 0 Å². The van der Waals surface area contributed by atoms with Gasteiger partial charge >= 0.3 is 6.09 Å². The fourth-order valence-corrected chi connectivity index (χ4v) is 2.59. The minimum atomic E-state index is -0.308. The van der Waals surface area contributed by atoms with Crippen LogP contribution in [0.1, 0.15) is 30.1 Å². The van der Waals surface area contributed by atoms with Crippen molar-refractivity contribution >= 4 is 17.7 Å². The number of nitrogens with one attached hydrogen (secondary N) is 1. The summed E-state index contributed by atoms with van der Waals surface area (Å²) in [4.78, 5) is 31.8. The fourth-order valence-electron chi connectivity index (χ4n) is 2.59. The molecule has 0 unspecified atom stereocenters. The van der Waals surface area contributed by atoms with Crippen molar-refractivity contribution in [2.24, 2.45) is 0 Å². The molecule has 3 rings (SSSR count). The molecule has 2 aliphatic rings. The second-order valence-corrected chi connectivity index (χ2v) is 5.86. The molecule has 1 aromatic heterocycles. The summed E-state index contributed by atoms with van der Waals surface area (Å²) in [6, 6.07) is 2.38. The van der Waals surface area contributed by atoms with E-state index in [0.717, 1.165) is 5.69 Å². The summed E-state index contributed by atoms with van der Waals surface area (Å²) < 4.78 is 4.99. The highest BCUT2D eigenvalue weighted by Crippen LogP contribution is 2.24. The topological polar surface area (TPSA) is 74.8 Å². The first-order chi connectivity index (χ1) is 11.2. The van der Waals surface area contributed by atoms with Gasteiger partial charge < -0.3 is 19.9 Å². The number of aromatic nitrogens is 1. The lowest BCUT2D eigenvalue weighted by Gasteiger charge is -2.34. The Morgan fingerprint density at radius 3 is 2.57 bits per heavy atom. The Balaban J connectivity index is 1.57. The molecule has 1 aliphatic heterocycles. The molecule has 23 heavy (non-hydrogen) atoms. The molecule has 1 saturated heterocycles. The highest BCUT2D eigenvalue weighted by molar-refractivity contribution is 5.95. The number of carbonyl (C=O) groups excluding carboxylic acids is 2. The number of carbonyl (C=O) groups is 2. The zero-order chi connectivity index (χ0) is 16.2. The Morgan fingerprint density at radius 1 is 1.22 bits per heavy atom. The SMILES string of the molecule is CCOC(=O)N1CCN(C(=O)c2cncc(NC3CC3)c2)CC1. The second-order valence-electron chi connectivity index (χ2n) is 5.86. The van der Waals surface area contributed by atoms with Gasteiger partial charge in [0.1, 0.15) is 0 Å². The molecule has 2 fully saturated rings. The monoisotopic (exact) mass is 318 g/mol. The van der Waals surface area contributed by atoms with Crippen molar-refractivity contribution in [1.29, 1.82) is 0 Å². The van der Waals surface area contributed by atoms with Crippen LogP contribution < -0.4 is 5.32 Å². The maximum atomic E-state index is 12.6. The molecule has 1 aromatic rings. The van der Waals surface area contributed by atoms with Crippen LogP contribution in [-0.4, -0.2) is 65.6 Å². The van der Waals surface area contributed by atoms with Crippen LogP contribution in [0.15, 0.2) is 18.5 Å². The largest absolute Gasteiger partial charge is 0.450 e. The first kappa shape index (κ1) is 15.6. The van der Waals surface area contributed by atoms with Gasteiger partial charge in [-0.1, -0.05) is 0 Å². The van der Waals surface area contributed by atoms with Gasteiger partial charge in [-0.05, 0) is 25.8 Å². The molecule has 7 heteroatoms. The average molecular weight is 318 g/mol. The molecule has 7 nitrogen and oxygen atoms in total. The normalized spacial score (nSPS) is 17.8. The Hall–Kier alpha value is -2.31. The van der Waals surface area contributed by atoms with Crippen molar-refractivity contribution in [2.75, 3.05) is 38.1 Å². The second kappa shape index (κ2) is 6.85. The van der Waals surface area contributed by atoms with Gasteiger partial charge in [0.25, 0.3) is 5.91 Å². The summed E-state index contributed by atoms with van der Waals surface area (Å²) in [5.41, 5.74) is 1.48. The molecular formula is C16H22N4O3. The van der Waals surface area contributed by atoms with E-state index >= 15 is 0 Å². The van der Waals surface area contributed by atoms with Crippen LogP contribution in [0.4, 0.5) is 10.5 Å². The lowest BCUT2D eigenvalue weighted by Crippen LogP contribution is -2.50. The van der Waals surface area contributed by atoms with Crippen LogP contribution in [0.5, 0.6) is 0 Å². The van der Waals surface area contributed by atoms with E-state index in [0.29, 0.717) is 44.4 Å². The number of nitrogens with zero attached hydrogens (tertiary/aromatic N) is 3. The first-order valence-corrected chi connectivity index (χ1v) is 8.10. The minimum absolute atomic E-state index is 0.0412. The number of amides is 2. The van der Waals surface area contributed by atoms with Crippen molar-refractivity contribution in [3.63, 3.8) is 0 Å². The third-order valence-corrected chi connectivity index (χ3v) is 4.03. The molecule has 2 heterocycles. The van der Waals surface area contributed by atoms with Gasteiger partial charge in [0, 0.05) is 44.6 Å². The van der Waals surface area contributed by atoms with Gasteiger partial charge in [0.15, 0.2) is 0 Å². The van der Waals surface area contributed by atoms with Crippen LogP contribution in [0.2, 0.25) is 0 Å². The lowest BCUT2D eigenvalue weighted by atomic mass is 10.2. The van der Waals surface area contributed by atoms with Crippen LogP contribution in [0, 0.1) is 0 Å². The minimum Gasteiger partial charge on any atom is -0.450 e. The number of piperazine rings is 1. The van der Waals surface area contributed by atoms with Gasteiger partial charge in [-0.25, -0.2) is 4.79 Å². The summed E-state index contributed by atoms with van der Waals surface area (Å²) >= 11 is 0. The fraction of sp³-hybridized carbons (Fsp3) is 0.562. The highest BCUT2D eigenvalue weighted by atomic mass is 16.6. The van der Waals surface area contributed by atoms with Gasteiger partial charge in [-0.3, -0.25) is 9.78 Å². The van der Waals surface area contributed by atoms with E-state index in [4.69, 9.17) is 4.74 Å². The molecule has 124 valence electrons. The summed E-state index contributed by atoms with van der Waals surface area (Å²) in [6.45, 7) is 4.17. The van der Waals surface area contributed by atoms with E-state index in [2.05, 4.69) is 10.3 Å². The molecule has 1 aliphatic carbocycles. The molecule has 0 bridgehead atoms. The van der Waals surface area contributed by atoms with Crippen molar-refractivity contribution in [3.8, 4) is 0 Å². The number of hydrogen-bond acceptors (Lipinski definition) is 5. The summed E-state index contributed by atoms with van der Waals surface area (Å²) in [6.07, 6.45) is 5.38. The van der Waals surface area contributed by atoms with E-state index < -0.39 is 0 Å². The quantitative estimate of drug-likeness (QED) is 0.912. The molecule has 0 spiro atoms. The molecule has 0 aromatic carbocycles. The predicted octanol–water partition coefficient (Wildman–Crippen LogP) is 1.57. The Kier molecular flexibility index (Phi) is 4.64. The van der Waals surface area contributed by atoms with Crippen LogP contribution >= 0.6 is 0 Å². The summed E-state index contributed by atoms with van der Waals surface area (Å²) in [5, 5.41) is 3.35. The third kappa shape index (κ3) is 3.91. The van der Waals surface area contributed by atoms with Crippen LogP contribution in [0.25, 0.3) is 0 Å². The average Bonchev–Trinajstić information content (AvgIpc) is 3.39. The number of hydrogen-bond donors (Lipinski definition) is 1. The molecule has 2 amide bonds. The van der Waals surface area contributed by atoms with E-state index in [-0.39, 0.29) is 12.0 Å². The van der Waals surface area contributed by atoms with E-state index in [1.165, 1.54) is 12.8 Å². The Labute approximate surface area is 135 Å². The van der Waals surface area contributed by atoms with Gasteiger partial charge in [-0.15, -0.1) is 0 Å². The van der Waals surface area contributed by atoms with Crippen molar-refractivity contribution in [3.05, 3.63) is 24.0 Å². The molecule has 1 N–H and O–H groups in total. The van der Waals surface area contributed by atoms with Gasteiger partial charge in [0.05, 0.1) is 17.9 Å². The van der Waals surface area contributed by atoms with Crippen molar-refractivity contribution < 1.29 is 14.3 Å². The number of anilines is 1. The first-order valence-electron chi connectivity index (χ1n) is 8.10. The van der Waals surface area contributed by atoms with Crippen molar-refractivity contribution in [1.82, 2.24) is 14.8 Å². The standard InChI is InChI=1S/C16H22N4O3/c1-2-23-16(22)20-7-5-19(6-8-20)15(21)12-9-14(11-17-10-12)18-13-3-4-13/h9-11,13,18H,2-8H2,1H3. The van der Waals surface area contributed by atoms with E-state index in [1.54, 1.807) is 29.1 Å². The smallest absolute Gasteiger partial charge is 0.409 e. The predicted molar refractivity (Wildman–Crippen MR) is 85.4 cm³/mol. The third-order valence-electron chi connectivity index (χ3n) is 4.03. The van der Waals surface area contributed by atoms with E-state index in [9.17, 15) is 9.59 Å². The summed E-state index contributed by atoms with van der Waals surface area (Å²) in [7, 11) is 0. The Morgan fingerprint density at radius 2 is 1.91 bits per heavy atom. The lowest BCUT2D eigenvalue weighted by molar-refractivity contribution is 0.0570. The van der Waals surface area contributed by atoms with Gasteiger partial charge in [-0.2, -0.15) is 0 Å². The summed E-state index contributed by atoms with van der Waals surface area (Å²) in [5.74, 6) is -0.0412. The molecule has 0 atom stereocenters. The maximum absolute atomic E-state index is 12.6. The number of ether oxygens (including phenoxy) is 1. The Bertz CT molecular complexity index is 580. The highest BCUT2D eigenvalue weighted by Gasteiger charge is 2.26. The number of rotatable bonds is 4. The molecular weight excluding hydrogens is 296 g/mol. The van der Waals surface area contributed by atoms with Crippen LogP contribution in [0.3, 0.4) is 0 Å².